The lowest BCUT2D eigenvalue weighted by Crippen LogP contribution is -2.41. The lowest BCUT2D eigenvalue weighted by Gasteiger charge is -2.33. The highest BCUT2D eigenvalue weighted by Crippen LogP contribution is 2.26. The molecule has 1 unspecified atom stereocenters. The topological polar surface area (TPSA) is 66.7 Å². The van der Waals surface area contributed by atoms with Crippen molar-refractivity contribution in [1.29, 1.82) is 0 Å². The van der Waals surface area contributed by atoms with Crippen LogP contribution in [-0.4, -0.2) is 66.3 Å². The summed E-state index contributed by atoms with van der Waals surface area (Å²) in [5, 5.41) is 9.04. The van der Waals surface area contributed by atoms with Crippen LogP contribution in [0.4, 0.5) is 0 Å². The number of guanidine groups is 1. The van der Waals surface area contributed by atoms with Gasteiger partial charge in [-0.15, -0.1) is 11.3 Å². The fourth-order valence-corrected chi connectivity index (χ4v) is 4.77. The zero-order valence-electron chi connectivity index (χ0n) is 18.2. The molecule has 1 aliphatic heterocycles. The molecule has 7 nitrogen and oxygen atoms in total. The van der Waals surface area contributed by atoms with Gasteiger partial charge in [-0.25, -0.2) is 4.98 Å². The van der Waals surface area contributed by atoms with E-state index < -0.39 is 0 Å². The van der Waals surface area contributed by atoms with E-state index in [0.29, 0.717) is 6.04 Å². The van der Waals surface area contributed by atoms with Gasteiger partial charge in [-0.3, -0.25) is 9.89 Å². The largest absolute Gasteiger partial charge is 0.379 e. The van der Waals surface area contributed by atoms with Gasteiger partial charge in [-0.05, 0) is 36.9 Å². The van der Waals surface area contributed by atoms with E-state index in [1.54, 1.807) is 0 Å². The van der Waals surface area contributed by atoms with Gasteiger partial charge < -0.3 is 19.9 Å². The Morgan fingerprint density at radius 1 is 1.19 bits per heavy atom. The van der Waals surface area contributed by atoms with Crippen LogP contribution in [0.5, 0.6) is 0 Å². The molecule has 166 valence electrons. The van der Waals surface area contributed by atoms with Crippen LogP contribution in [0.3, 0.4) is 0 Å². The van der Waals surface area contributed by atoms with Gasteiger partial charge in [0.25, 0.3) is 0 Å². The van der Waals surface area contributed by atoms with Gasteiger partial charge in [-0.2, -0.15) is 0 Å². The summed E-state index contributed by atoms with van der Waals surface area (Å²) >= 11 is 1.81. The van der Waals surface area contributed by atoms with Crippen molar-refractivity contribution >= 4 is 28.3 Å². The number of aliphatic imine (C=N–C) groups is 1. The molecule has 0 spiro atoms. The maximum Gasteiger partial charge on any atom is 0.191 e. The predicted molar refractivity (Wildman–Crippen MR) is 128 cm³/mol. The number of para-hydroxylation sites is 2. The third-order valence-corrected chi connectivity index (χ3v) is 6.49. The number of morpholine rings is 1. The van der Waals surface area contributed by atoms with Crippen LogP contribution in [0.2, 0.25) is 0 Å². The molecule has 0 saturated carbocycles. The summed E-state index contributed by atoms with van der Waals surface area (Å²) in [6.45, 7) is 8.99. The first kappa shape index (κ1) is 21.8. The van der Waals surface area contributed by atoms with Gasteiger partial charge >= 0.3 is 0 Å². The van der Waals surface area contributed by atoms with Crippen molar-refractivity contribution in [2.24, 2.45) is 4.99 Å². The first-order valence-electron chi connectivity index (χ1n) is 11.1. The molecule has 0 amide bonds. The van der Waals surface area contributed by atoms with E-state index in [-0.39, 0.29) is 0 Å². The van der Waals surface area contributed by atoms with Crippen LogP contribution in [0.25, 0.3) is 11.0 Å². The Balaban J connectivity index is 1.33. The highest BCUT2D eigenvalue weighted by molar-refractivity contribution is 7.10. The van der Waals surface area contributed by atoms with E-state index in [1.807, 2.05) is 23.7 Å². The van der Waals surface area contributed by atoms with E-state index in [9.17, 15) is 0 Å². The van der Waals surface area contributed by atoms with Crippen molar-refractivity contribution in [1.82, 2.24) is 25.1 Å². The van der Waals surface area contributed by atoms with E-state index in [1.165, 1.54) is 10.4 Å². The first-order chi connectivity index (χ1) is 15.3. The molecule has 0 radical (unpaired) electrons. The molecule has 2 aromatic heterocycles. The van der Waals surface area contributed by atoms with Crippen LogP contribution in [0.1, 0.15) is 24.3 Å². The number of ether oxygens (including phenoxy) is 1. The zero-order chi connectivity index (χ0) is 21.3. The van der Waals surface area contributed by atoms with Crippen LogP contribution < -0.4 is 10.6 Å². The molecular weight excluding hydrogens is 408 g/mol. The minimum absolute atomic E-state index is 0.302. The van der Waals surface area contributed by atoms with Gasteiger partial charge in [0.15, 0.2) is 5.96 Å². The fraction of sp³-hybridized carbons (Fsp3) is 0.478. The quantitative estimate of drug-likeness (QED) is 0.304. The second-order valence-electron chi connectivity index (χ2n) is 7.61. The average molecular weight is 441 g/mol. The third-order valence-electron chi connectivity index (χ3n) is 5.52. The number of nitrogens with one attached hydrogen (secondary N) is 2. The third kappa shape index (κ3) is 5.84. The summed E-state index contributed by atoms with van der Waals surface area (Å²) in [7, 11) is 0. The molecule has 1 aromatic carbocycles. The smallest absolute Gasteiger partial charge is 0.191 e. The molecule has 3 aromatic rings. The average Bonchev–Trinajstić information content (AvgIpc) is 3.48. The highest BCUT2D eigenvalue weighted by Gasteiger charge is 2.23. The summed E-state index contributed by atoms with van der Waals surface area (Å²) in [6, 6.07) is 12.9. The summed E-state index contributed by atoms with van der Waals surface area (Å²) < 4.78 is 7.76. The SMILES string of the molecule is CCNC(=NCC(c1cccs1)N1CCOCC1)NCCCn1cnc2ccccc21. The van der Waals surface area contributed by atoms with Crippen LogP contribution in [-0.2, 0) is 11.3 Å². The number of hydrogen-bond donors (Lipinski definition) is 2. The molecule has 31 heavy (non-hydrogen) atoms. The number of aryl methyl sites for hydroxylation is 1. The fourth-order valence-electron chi connectivity index (χ4n) is 3.92. The van der Waals surface area contributed by atoms with Crippen LogP contribution >= 0.6 is 11.3 Å². The Morgan fingerprint density at radius 2 is 2.06 bits per heavy atom. The van der Waals surface area contributed by atoms with Gasteiger partial charge in [0.05, 0.1) is 43.2 Å². The number of thiophene rings is 1. The number of benzene rings is 1. The zero-order valence-corrected chi connectivity index (χ0v) is 19.0. The summed E-state index contributed by atoms with van der Waals surface area (Å²) in [5.41, 5.74) is 2.24. The molecule has 1 aliphatic rings. The van der Waals surface area contributed by atoms with Crippen molar-refractivity contribution in [2.75, 3.05) is 45.9 Å². The molecule has 8 heteroatoms. The van der Waals surface area contributed by atoms with Gasteiger partial charge in [0.1, 0.15) is 0 Å². The summed E-state index contributed by atoms with van der Waals surface area (Å²) in [6.07, 6.45) is 2.93. The Hall–Kier alpha value is -2.42. The van der Waals surface area contributed by atoms with E-state index in [4.69, 9.17) is 9.73 Å². The minimum atomic E-state index is 0.302. The van der Waals surface area contributed by atoms with E-state index in [0.717, 1.165) is 70.4 Å². The maximum absolute atomic E-state index is 5.55. The van der Waals surface area contributed by atoms with Crippen LogP contribution in [0.15, 0.2) is 53.1 Å². The number of aromatic nitrogens is 2. The minimum Gasteiger partial charge on any atom is -0.379 e. The number of imidazole rings is 1. The summed E-state index contributed by atoms with van der Waals surface area (Å²) in [5.74, 6) is 0.882. The van der Waals surface area contributed by atoms with Gasteiger partial charge in [0, 0.05) is 37.6 Å². The van der Waals surface area contributed by atoms with Gasteiger partial charge in [0.2, 0.25) is 0 Å². The molecular formula is C23H32N6OS. The molecule has 3 heterocycles. The molecule has 1 saturated heterocycles. The Labute approximate surface area is 188 Å². The normalized spacial score (nSPS) is 16.5. The molecule has 1 atom stereocenters. The number of hydrogen-bond acceptors (Lipinski definition) is 5. The second kappa shape index (κ2) is 11.3. The lowest BCUT2D eigenvalue weighted by atomic mass is 10.2. The van der Waals surface area contributed by atoms with Crippen molar-refractivity contribution in [2.45, 2.75) is 25.9 Å². The first-order valence-corrected chi connectivity index (χ1v) is 12.0. The lowest BCUT2D eigenvalue weighted by molar-refractivity contribution is 0.0186. The Bertz CT molecular complexity index is 948. The molecule has 4 rings (SSSR count). The maximum atomic E-state index is 5.55. The number of rotatable bonds is 9. The van der Waals surface area contributed by atoms with Crippen molar-refractivity contribution in [3.8, 4) is 0 Å². The molecule has 1 fully saturated rings. The highest BCUT2D eigenvalue weighted by atomic mass is 32.1. The van der Waals surface area contributed by atoms with Gasteiger partial charge in [-0.1, -0.05) is 18.2 Å². The van der Waals surface area contributed by atoms with Crippen molar-refractivity contribution in [3.63, 3.8) is 0 Å². The summed E-state index contributed by atoms with van der Waals surface area (Å²) in [4.78, 5) is 13.3. The molecule has 0 aliphatic carbocycles. The molecule has 2 N–H and O–H groups in total. The Morgan fingerprint density at radius 3 is 2.87 bits per heavy atom. The number of fused-ring (bicyclic) bond motifs is 1. The second-order valence-corrected chi connectivity index (χ2v) is 8.59. The molecule has 0 bridgehead atoms. The Kier molecular flexibility index (Phi) is 7.93. The standard InChI is InChI=1S/C23H32N6OS/c1-2-24-23(25-10-6-11-29-18-27-19-7-3-4-8-20(19)29)26-17-21(22-9-5-16-31-22)28-12-14-30-15-13-28/h3-5,7-9,16,18,21H,2,6,10-15,17H2,1H3,(H2,24,25,26). The predicted octanol–water partition coefficient (Wildman–Crippen LogP) is 3.12. The van der Waals surface area contributed by atoms with Crippen LogP contribution in [0, 0.1) is 0 Å². The van der Waals surface area contributed by atoms with E-state index in [2.05, 4.69) is 67.7 Å². The van der Waals surface area contributed by atoms with E-state index >= 15 is 0 Å². The van der Waals surface area contributed by atoms with Crippen molar-refractivity contribution in [3.05, 3.63) is 53.0 Å². The monoisotopic (exact) mass is 440 g/mol. The number of nitrogens with zero attached hydrogens (tertiary/aromatic N) is 4. The van der Waals surface area contributed by atoms with Crippen molar-refractivity contribution < 1.29 is 4.74 Å².